The van der Waals surface area contributed by atoms with Gasteiger partial charge in [-0.1, -0.05) is 18.2 Å². The van der Waals surface area contributed by atoms with Crippen LogP contribution in [-0.2, 0) is 13.0 Å². The molecule has 0 bridgehead atoms. The van der Waals surface area contributed by atoms with E-state index < -0.39 is 0 Å². The highest BCUT2D eigenvalue weighted by Gasteiger charge is 2.08. The third-order valence-electron chi connectivity index (χ3n) is 3.66. The summed E-state index contributed by atoms with van der Waals surface area (Å²) < 4.78 is 8.10. The predicted molar refractivity (Wildman–Crippen MR) is 83.2 cm³/mol. The molecule has 0 aliphatic rings. The van der Waals surface area contributed by atoms with E-state index in [2.05, 4.69) is 24.5 Å². The van der Waals surface area contributed by atoms with Crippen molar-refractivity contribution in [2.75, 3.05) is 13.2 Å². The van der Waals surface area contributed by atoms with Gasteiger partial charge in [-0.05, 0) is 57.0 Å². The maximum absolute atomic E-state index is 5.77. The van der Waals surface area contributed by atoms with Crippen molar-refractivity contribution < 1.29 is 4.74 Å². The topological polar surface area (TPSA) is 40.2 Å². The molecule has 0 amide bonds. The third-order valence-corrected chi connectivity index (χ3v) is 3.66. The second kappa shape index (κ2) is 7.15. The molecule has 2 rings (SSSR count). The number of aryl methyl sites for hydroxylation is 2. The highest BCUT2D eigenvalue weighted by Crippen LogP contribution is 2.17. The molecule has 0 unspecified atom stereocenters. The molecule has 20 heavy (non-hydrogen) atoms. The number of nitrogens with zero attached hydrogens (tertiary/aromatic N) is 1. The van der Waals surface area contributed by atoms with E-state index >= 15 is 0 Å². The van der Waals surface area contributed by atoms with Crippen molar-refractivity contribution in [3.05, 3.63) is 53.3 Å². The molecule has 0 atom stereocenters. The van der Waals surface area contributed by atoms with Gasteiger partial charge in [0.05, 0.1) is 6.54 Å². The molecule has 1 aromatic heterocycles. The Morgan fingerprint density at radius 2 is 1.90 bits per heavy atom. The lowest BCUT2D eigenvalue weighted by Gasteiger charge is -2.11. The predicted octanol–water partition coefficient (Wildman–Crippen LogP) is 3.08. The number of para-hydroxylation sites is 1. The summed E-state index contributed by atoms with van der Waals surface area (Å²) in [4.78, 5) is 0. The Balaban J connectivity index is 1.94. The molecule has 0 radical (unpaired) electrons. The molecule has 2 aromatic rings. The lowest BCUT2D eigenvalue weighted by molar-refractivity contribution is 0.296. The number of hydrogen-bond donors (Lipinski definition) is 1. The second-order valence-corrected chi connectivity index (χ2v) is 5.10. The lowest BCUT2D eigenvalue weighted by atomic mass is 10.1. The Labute approximate surface area is 121 Å². The summed E-state index contributed by atoms with van der Waals surface area (Å²) in [5, 5.41) is 0. The highest BCUT2D eigenvalue weighted by atomic mass is 16.5. The smallest absolute Gasteiger partial charge is 0.119 e. The van der Waals surface area contributed by atoms with Crippen LogP contribution < -0.4 is 10.5 Å². The average Bonchev–Trinajstić information content (AvgIpc) is 2.73. The minimum Gasteiger partial charge on any atom is -0.492 e. The summed E-state index contributed by atoms with van der Waals surface area (Å²) in [6, 6.07) is 12.2. The van der Waals surface area contributed by atoms with Crippen LogP contribution in [0.15, 0.2) is 36.4 Å². The van der Waals surface area contributed by atoms with E-state index in [4.69, 9.17) is 10.5 Å². The SMILES string of the molecule is Cc1cc(CCCN)c(C)n1CCOc1ccccc1. The number of nitrogens with two attached hydrogens (primary N) is 1. The fourth-order valence-electron chi connectivity index (χ4n) is 2.53. The fraction of sp³-hybridized carbons (Fsp3) is 0.412. The van der Waals surface area contributed by atoms with Gasteiger partial charge in [0, 0.05) is 11.4 Å². The van der Waals surface area contributed by atoms with Gasteiger partial charge in [0.1, 0.15) is 12.4 Å². The summed E-state index contributed by atoms with van der Waals surface area (Å²) in [5.74, 6) is 0.929. The van der Waals surface area contributed by atoms with Crippen LogP contribution in [0.3, 0.4) is 0 Å². The zero-order valence-corrected chi connectivity index (χ0v) is 12.4. The van der Waals surface area contributed by atoms with Crippen LogP contribution in [0, 0.1) is 13.8 Å². The second-order valence-electron chi connectivity index (χ2n) is 5.10. The molecule has 0 aliphatic carbocycles. The molecule has 3 nitrogen and oxygen atoms in total. The highest BCUT2D eigenvalue weighted by molar-refractivity contribution is 5.27. The van der Waals surface area contributed by atoms with E-state index in [1.54, 1.807) is 0 Å². The number of aromatic nitrogens is 1. The molecule has 0 aliphatic heterocycles. The summed E-state index contributed by atoms with van der Waals surface area (Å²) >= 11 is 0. The molecule has 0 saturated carbocycles. The Morgan fingerprint density at radius 3 is 2.60 bits per heavy atom. The van der Waals surface area contributed by atoms with E-state index in [9.17, 15) is 0 Å². The molecule has 1 heterocycles. The molecular weight excluding hydrogens is 248 g/mol. The first kappa shape index (κ1) is 14.7. The van der Waals surface area contributed by atoms with Gasteiger partial charge in [-0.2, -0.15) is 0 Å². The number of ether oxygens (including phenoxy) is 1. The first-order valence-electron chi connectivity index (χ1n) is 7.26. The van der Waals surface area contributed by atoms with Gasteiger partial charge < -0.3 is 15.0 Å². The van der Waals surface area contributed by atoms with Crippen LogP contribution in [0.4, 0.5) is 0 Å². The molecule has 108 valence electrons. The number of benzene rings is 1. The summed E-state index contributed by atoms with van der Waals surface area (Å²) in [7, 11) is 0. The molecule has 2 N–H and O–H groups in total. The molecule has 0 spiro atoms. The monoisotopic (exact) mass is 272 g/mol. The molecule has 3 heteroatoms. The number of rotatable bonds is 7. The van der Waals surface area contributed by atoms with Crippen molar-refractivity contribution >= 4 is 0 Å². The zero-order chi connectivity index (χ0) is 14.4. The van der Waals surface area contributed by atoms with Crippen molar-refractivity contribution in [2.24, 2.45) is 5.73 Å². The maximum Gasteiger partial charge on any atom is 0.119 e. The van der Waals surface area contributed by atoms with Crippen molar-refractivity contribution in [1.29, 1.82) is 0 Å². The van der Waals surface area contributed by atoms with Crippen LogP contribution in [0.5, 0.6) is 5.75 Å². The Kier molecular flexibility index (Phi) is 5.24. The van der Waals surface area contributed by atoms with E-state index in [1.807, 2.05) is 30.3 Å². The summed E-state index contributed by atoms with van der Waals surface area (Å²) in [6.45, 7) is 6.66. The molecule has 1 aromatic carbocycles. The number of hydrogen-bond acceptors (Lipinski definition) is 2. The normalized spacial score (nSPS) is 10.8. The van der Waals surface area contributed by atoms with Gasteiger partial charge in [-0.3, -0.25) is 0 Å². The van der Waals surface area contributed by atoms with Crippen molar-refractivity contribution in [3.8, 4) is 5.75 Å². The van der Waals surface area contributed by atoms with Gasteiger partial charge >= 0.3 is 0 Å². The maximum atomic E-state index is 5.77. The minimum absolute atomic E-state index is 0.691. The largest absolute Gasteiger partial charge is 0.492 e. The molecule has 0 saturated heterocycles. The van der Waals surface area contributed by atoms with E-state index in [0.717, 1.165) is 31.7 Å². The van der Waals surface area contributed by atoms with Crippen LogP contribution >= 0.6 is 0 Å². The first-order valence-corrected chi connectivity index (χ1v) is 7.26. The van der Waals surface area contributed by atoms with E-state index in [-0.39, 0.29) is 0 Å². The lowest BCUT2D eigenvalue weighted by Crippen LogP contribution is -2.11. The fourth-order valence-corrected chi connectivity index (χ4v) is 2.53. The Hall–Kier alpha value is -1.74. The van der Waals surface area contributed by atoms with Crippen LogP contribution in [0.1, 0.15) is 23.4 Å². The van der Waals surface area contributed by atoms with Crippen molar-refractivity contribution in [1.82, 2.24) is 4.57 Å². The Morgan fingerprint density at radius 1 is 1.15 bits per heavy atom. The molecule has 0 fully saturated rings. The Bertz CT molecular complexity index is 531. The van der Waals surface area contributed by atoms with Gasteiger partial charge in [0.15, 0.2) is 0 Å². The summed E-state index contributed by atoms with van der Waals surface area (Å²) in [5.41, 5.74) is 9.64. The van der Waals surface area contributed by atoms with Gasteiger partial charge in [-0.15, -0.1) is 0 Å². The third kappa shape index (κ3) is 3.64. The average molecular weight is 272 g/mol. The standard InChI is InChI=1S/C17H24N2O/c1-14-13-16(7-6-10-18)15(2)19(14)11-12-20-17-8-4-3-5-9-17/h3-5,8-9,13H,6-7,10-12,18H2,1-2H3. The zero-order valence-electron chi connectivity index (χ0n) is 12.4. The summed E-state index contributed by atoms with van der Waals surface area (Å²) in [6.07, 6.45) is 2.11. The van der Waals surface area contributed by atoms with E-state index in [0.29, 0.717) is 6.61 Å². The van der Waals surface area contributed by atoms with Crippen LogP contribution in [0.25, 0.3) is 0 Å². The van der Waals surface area contributed by atoms with Crippen molar-refractivity contribution in [3.63, 3.8) is 0 Å². The minimum atomic E-state index is 0.691. The molecular formula is C17H24N2O. The quantitative estimate of drug-likeness (QED) is 0.841. The van der Waals surface area contributed by atoms with Crippen molar-refractivity contribution in [2.45, 2.75) is 33.2 Å². The van der Waals surface area contributed by atoms with Crippen LogP contribution in [-0.4, -0.2) is 17.7 Å². The van der Waals surface area contributed by atoms with E-state index in [1.165, 1.54) is 17.0 Å². The van der Waals surface area contributed by atoms with Gasteiger partial charge in [0.25, 0.3) is 0 Å². The van der Waals surface area contributed by atoms with Gasteiger partial charge in [-0.25, -0.2) is 0 Å². The van der Waals surface area contributed by atoms with Gasteiger partial charge in [0.2, 0.25) is 0 Å². The first-order chi connectivity index (χ1) is 9.72. The van der Waals surface area contributed by atoms with Crippen LogP contribution in [0.2, 0.25) is 0 Å².